The fourth-order valence-electron chi connectivity index (χ4n) is 1.34. The maximum Gasteiger partial charge on any atom is 0.312 e. The van der Waals surface area contributed by atoms with E-state index in [9.17, 15) is 9.90 Å². The molecule has 0 aliphatic rings. The van der Waals surface area contributed by atoms with Crippen molar-refractivity contribution in [1.82, 2.24) is 0 Å². The molecule has 0 aliphatic heterocycles. The van der Waals surface area contributed by atoms with Crippen LogP contribution >= 0.6 is 22.6 Å². The highest BCUT2D eigenvalue weighted by Crippen LogP contribution is 2.39. The Morgan fingerprint density at radius 1 is 1.19 bits per heavy atom. The first-order valence-corrected chi connectivity index (χ1v) is 5.99. The Labute approximate surface area is 109 Å². The molecule has 0 heterocycles. The molecule has 2 N–H and O–H groups in total. The van der Waals surface area contributed by atoms with Crippen LogP contribution in [0.15, 0.2) is 24.3 Å². The Hall–Kier alpha value is -0.620. The summed E-state index contributed by atoms with van der Waals surface area (Å²) in [5.41, 5.74) is -2.02. The lowest BCUT2D eigenvalue weighted by Crippen LogP contribution is -2.44. The van der Waals surface area contributed by atoms with E-state index in [0.29, 0.717) is 5.56 Å². The van der Waals surface area contributed by atoms with Crippen LogP contribution in [0.2, 0.25) is 0 Å². The highest BCUT2D eigenvalue weighted by Gasteiger charge is 2.46. The summed E-state index contributed by atoms with van der Waals surface area (Å²) in [7, 11) is 0. The maximum absolute atomic E-state index is 11.1. The van der Waals surface area contributed by atoms with Gasteiger partial charge in [-0.2, -0.15) is 0 Å². The van der Waals surface area contributed by atoms with Gasteiger partial charge in [-0.05, 0) is 61.1 Å². The van der Waals surface area contributed by atoms with Gasteiger partial charge in [0.1, 0.15) is 5.60 Å². The van der Waals surface area contributed by atoms with Crippen molar-refractivity contribution >= 4 is 28.6 Å². The van der Waals surface area contributed by atoms with Crippen molar-refractivity contribution in [3.63, 3.8) is 0 Å². The number of carbonyl (C=O) groups is 1. The Kier molecular flexibility index (Phi) is 3.64. The fraction of sp³-hybridized carbons (Fsp3) is 0.417. The summed E-state index contributed by atoms with van der Waals surface area (Å²) in [5.74, 6) is -1.02. The Morgan fingerprint density at radius 2 is 1.62 bits per heavy atom. The molecular weight excluding hydrogens is 319 g/mol. The normalized spacial score (nSPS) is 15.6. The van der Waals surface area contributed by atoms with Gasteiger partial charge in [-0.3, -0.25) is 4.79 Å². The zero-order chi connectivity index (χ0) is 12.6. The first kappa shape index (κ1) is 13.4. The molecule has 0 radical (unpaired) electrons. The molecule has 0 amide bonds. The number of hydrogen-bond donors (Lipinski definition) is 2. The van der Waals surface area contributed by atoms with Gasteiger partial charge in [0, 0.05) is 3.57 Å². The Balaban J connectivity index is 3.20. The van der Waals surface area contributed by atoms with Gasteiger partial charge in [0.15, 0.2) is 0 Å². The number of halogens is 1. The maximum atomic E-state index is 11.1. The monoisotopic (exact) mass is 334 g/mol. The van der Waals surface area contributed by atoms with Gasteiger partial charge in [0.2, 0.25) is 0 Å². The number of rotatable bonds is 3. The fourth-order valence-corrected chi connectivity index (χ4v) is 1.70. The summed E-state index contributed by atoms with van der Waals surface area (Å²) < 4.78 is 1.05. The minimum Gasteiger partial charge on any atom is -0.481 e. The summed E-state index contributed by atoms with van der Waals surface area (Å²) in [4.78, 5) is 11.1. The lowest BCUT2D eigenvalue weighted by atomic mass is 9.72. The molecule has 0 aliphatic carbocycles. The van der Waals surface area contributed by atoms with Crippen LogP contribution in [0, 0.1) is 8.99 Å². The van der Waals surface area contributed by atoms with E-state index in [1.165, 1.54) is 20.8 Å². The Morgan fingerprint density at radius 3 is 2.00 bits per heavy atom. The highest BCUT2D eigenvalue weighted by atomic mass is 127. The van der Waals surface area contributed by atoms with Crippen LogP contribution in [0.4, 0.5) is 0 Å². The van der Waals surface area contributed by atoms with Crippen LogP contribution < -0.4 is 0 Å². The van der Waals surface area contributed by atoms with Gasteiger partial charge < -0.3 is 10.2 Å². The van der Waals surface area contributed by atoms with Crippen molar-refractivity contribution in [1.29, 1.82) is 0 Å². The number of hydrogen-bond acceptors (Lipinski definition) is 2. The summed E-state index contributed by atoms with van der Waals surface area (Å²) in [6, 6.07) is 7.21. The zero-order valence-electron chi connectivity index (χ0n) is 9.49. The van der Waals surface area contributed by atoms with E-state index >= 15 is 0 Å². The molecule has 0 spiro atoms. The summed E-state index contributed by atoms with van der Waals surface area (Å²) in [6.07, 6.45) is 0. The smallest absolute Gasteiger partial charge is 0.312 e. The predicted molar refractivity (Wildman–Crippen MR) is 70.1 cm³/mol. The van der Waals surface area contributed by atoms with Crippen molar-refractivity contribution in [2.75, 3.05) is 0 Å². The average Bonchev–Trinajstić information content (AvgIpc) is 2.17. The third-order valence-corrected chi connectivity index (χ3v) is 3.88. The second-order valence-electron chi connectivity index (χ2n) is 4.51. The van der Waals surface area contributed by atoms with E-state index in [1.54, 1.807) is 12.1 Å². The van der Waals surface area contributed by atoms with Gasteiger partial charge in [0.25, 0.3) is 0 Å². The molecule has 4 heteroatoms. The number of carboxylic acids is 1. The highest BCUT2D eigenvalue weighted by molar-refractivity contribution is 14.1. The lowest BCUT2D eigenvalue weighted by Gasteiger charge is -2.36. The van der Waals surface area contributed by atoms with Crippen molar-refractivity contribution in [2.24, 2.45) is 5.41 Å². The van der Waals surface area contributed by atoms with Crippen molar-refractivity contribution < 1.29 is 15.0 Å². The standard InChI is InChI=1S/C12H15IO3/c1-11(2,10(14)15)12(3,16)8-4-6-9(13)7-5-8/h4-7,16H,1-3H3,(H,14,15). The van der Waals surface area contributed by atoms with Crippen LogP contribution in [0.25, 0.3) is 0 Å². The molecule has 0 fully saturated rings. The molecule has 3 nitrogen and oxygen atoms in total. The van der Waals surface area contributed by atoms with Crippen LogP contribution in [0.3, 0.4) is 0 Å². The molecule has 16 heavy (non-hydrogen) atoms. The van der Waals surface area contributed by atoms with Crippen LogP contribution in [-0.4, -0.2) is 16.2 Å². The topological polar surface area (TPSA) is 57.5 Å². The Bertz CT molecular complexity index is 393. The van der Waals surface area contributed by atoms with E-state index in [2.05, 4.69) is 22.6 Å². The minimum absolute atomic E-state index is 0.611. The van der Waals surface area contributed by atoms with Crippen LogP contribution in [0.1, 0.15) is 26.3 Å². The van der Waals surface area contributed by atoms with Crippen molar-refractivity contribution in [3.05, 3.63) is 33.4 Å². The number of aliphatic hydroxyl groups is 1. The quantitative estimate of drug-likeness (QED) is 0.836. The third-order valence-electron chi connectivity index (χ3n) is 3.16. The lowest BCUT2D eigenvalue weighted by molar-refractivity contribution is -0.164. The minimum atomic E-state index is -1.40. The zero-order valence-corrected chi connectivity index (χ0v) is 11.6. The number of aliphatic carboxylic acids is 1. The molecule has 0 saturated carbocycles. The molecule has 0 aromatic heterocycles. The third kappa shape index (κ3) is 2.22. The molecule has 0 saturated heterocycles. The molecule has 0 bridgehead atoms. The average molecular weight is 334 g/mol. The summed E-state index contributed by atoms with van der Waals surface area (Å²) in [6.45, 7) is 4.57. The molecule has 1 aromatic rings. The molecule has 1 rings (SSSR count). The number of benzene rings is 1. The van der Waals surface area contributed by atoms with Crippen LogP contribution in [-0.2, 0) is 10.4 Å². The predicted octanol–water partition coefficient (Wildman–Crippen LogP) is 2.61. The van der Waals surface area contributed by atoms with Gasteiger partial charge in [-0.15, -0.1) is 0 Å². The van der Waals surface area contributed by atoms with E-state index in [0.717, 1.165) is 3.57 Å². The molecule has 88 valence electrons. The second-order valence-corrected chi connectivity index (χ2v) is 5.75. The first-order valence-electron chi connectivity index (χ1n) is 4.91. The van der Waals surface area contributed by atoms with E-state index in [1.807, 2.05) is 12.1 Å². The van der Waals surface area contributed by atoms with E-state index < -0.39 is 17.0 Å². The summed E-state index contributed by atoms with van der Waals surface area (Å²) in [5, 5.41) is 19.5. The van der Waals surface area contributed by atoms with Gasteiger partial charge in [0.05, 0.1) is 5.41 Å². The number of carboxylic acid groups (broad SMARTS) is 1. The molecule has 1 aromatic carbocycles. The van der Waals surface area contributed by atoms with Gasteiger partial charge >= 0.3 is 5.97 Å². The van der Waals surface area contributed by atoms with Crippen LogP contribution in [0.5, 0.6) is 0 Å². The molecule has 1 unspecified atom stereocenters. The van der Waals surface area contributed by atoms with Gasteiger partial charge in [-0.25, -0.2) is 0 Å². The second kappa shape index (κ2) is 4.33. The van der Waals surface area contributed by atoms with Crippen molar-refractivity contribution in [2.45, 2.75) is 26.4 Å². The van der Waals surface area contributed by atoms with E-state index in [4.69, 9.17) is 5.11 Å². The SMILES string of the molecule is CC(C)(C(=O)O)C(C)(O)c1ccc(I)cc1. The van der Waals surface area contributed by atoms with E-state index in [-0.39, 0.29) is 0 Å². The first-order chi connectivity index (χ1) is 7.19. The molecular formula is C12H15IO3. The molecule has 1 atom stereocenters. The van der Waals surface area contributed by atoms with Crippen molar-refractivity contribution in [3.8, 4) is 0 Å². The summed E-state index contributed by atoms with van der Waals surface area (Å²) >= 11 is 2.16. The largest absolute Gasteiger partial charge is 0.481 e. The van der Waals surface area contributed by atoms with Gasteiger partial charge in [-0.1, -0.05) is 12.1 Å².